The topological polar surface area (TPSA) is 207 Å². The Kier molecular flexibility index (Phi) is 10.1. The summed E-state index contributed by atoms with van der Waals surface area (Å²) in [5.74, 6) is -1.45. The van der Waals surface area contributed by atoms with Gasteiger partial charge in [0.2, 0.25) is 21.8 Å². The Balaban J connectivity index is 1.18. The number of ether oxygens (including phenoxy) is 2. The molecule has 3 aromatic heterocycles. The number of hydrogen-bond donors (Lipinski definition) is 3. The van der Waals surface area contributed by atoms with Crippen LogP contribution in [0.15, 0.2) is 30.2 Å². The van der Waals surface area contributed by atoms with Gasteiger partial charge in [-0.2, -0.15) is 10.1 Å². The van der Waals surface area contributed by atoms with E-state index in [0.717, 1.165) is 36.4 Å². The monoisotopic (exact) mass is 797 g/mol. The van der Waals surface area contributed by atoms with Gasteiger partial charge in [-0.05, 0) is 90.2 Å². The summed E-state index contributed by atoms with van der Waals surface area (Å²) in [4.78, 5) is 66.4. The molecular weight excluding hydrogens is 751 g/mol. The Morgan fingerprint density at radius 2 is 1.84 bits per heavy atom. The minimum Gasteiger partial charge on any atom is -0.471 e. The number of nitrogens with one attached hydrogen (secondary N) is 3. The molecule has 296 valence electrons. The molecule has 3 saturated carbocycles. The third kappa shape index (κ3) is 7.85. The maximum Gasteiger partial charge on any atom is 0.426 e. The van der Waals surface area contributed by atoms with Crippen molar-refractivity contribution in [3.05, 3.63) is 35.9 Å². The quantitative estimate of drug-likeness (QED) is 0.199. The van der Waals surface area contributed by atoms with Crippen LogP contribution >= 0.6 is 11.3 Å². The number of thiophene rings is 1. The van der Waals surface area contributed by atoms with Gasteiger partial charge in [0.1, 0.15) is 34.2 Å². The van der Waals surface area contributed by atoms with Gasteiger partial charge < -0.3 is 19.7 Å². The Bertz CT molecular complexity index is 2140. The predicted molar refractivity (Wildman–Crippen MR) is 202 cm³/mol. The molecule has 4 heterocycles. The first-order valence-electron chi connectivity index (χ1n) is 18.5. The molecule has 3 aromatic rings. The third-order valence-corrected chi connectivity index (χ3v) is 13.2. The van der Waals surface area contributed by atoms with E-state index < -0.39 is 68.4 Å². The molecule has 4 atom stereocenters. The van der Waals surface area contributed by atoms with Gasteiger partial charge in [-0.25, -0.2) is 33.4 Å². The summed E-state index contributed by atoms with van der Waals surface area (Å²) in [7, 11) is -2.13. The lowest BCUT2D eigenvalue weighted by molar-refractivity contribution is -0.131. The van der Waals surface area contributed by atoms with Crippen molar-refractivity contribution in [3.63, 3.8) is 0 Å². The molecule has 3 N–H and O–H groups in total. The van der Waals surface area contributed by atoms with E-state index in [9.17, 15) is 27.6 Å². The molecule has 0 bridgehead atoms. The van der Waals surface area contributed by atoms with Crippen LogP contribution in [-0.4, -0.2) is 103 Å². The van der Waals surface area contributed by atoms with E-state index in [0.29, 0.717) is 34.6 Å². The molecule has 1 aliphatic heterocycles. The number of sulfonamides is 1. The first kappa shape index (κ1) is 38.5. The Labute approximate surface area is 323 Å². The van der Waals surface area contributed by atoms with Crippen molar-refractivity contribution in [2.45, 2.75) is 114 Å². The number of rotatable bonds is 10. The van der Waals surface area contributed by atoms with Gasteiger partial charge in [-0.3, -0.25) is 19.0 Å². The molecule has 2 unspecified atom stereocenters. The standard InChI is InChI=1S/C36H47N9O8S2/c1-7-21-18-36(21,32(47)42-55(50,51)24-12-13-24)39-30(46)27-17-23(19-44(27)34(49)45(35(3,4)5)41-33(48)53-22-10-8-9-11-22)52-31-28-25(14-15-54-28)37-29(38-31)26-16-20(2)40-43(26)6/h7,14-16,21-24,27H,1,8-13,17-19H2,2-6H3,(H,39,46)(H,41,48)(H,42,47)/t21-,23?,27+,36?/m1/s1. The number of hydrogen-bond acceptors (Lipinski definition) is 12. The van der Waals surface area contributed by atoms with Crippen molar-refractivity contribution in [2.24, 2.45) is 13.0 Å². The van der Waals surface area contributed by atoms with Crippen molar-refractivity contribution >= 4 is 55.5 Å². The van der Waals surface area contributed by atoms with Crippen molar-refractivity contribution in [1.82, 2.24) is 45.1 Å². The lowest BCUT2D eigenvalue weighted by Gasteiger charge is -2.39. The van der Waals surface area contributed by atoms with Crippen molar-refractivity contribution in [1.29, 1.82) is 0 Å². The SMILES string of the molecule is C=C[C@@H]1CC1(NC(=O)[C@@H]1CC(Oc2nc(-c3cc(C)nn3C)nc3ccsc23)CN1C(=O)N(NC(=O)OC1CCCC1)C(C)(C)C)C(=O)NS(=O)(=O)C1CC1. The van der Waals surface area contributed by atoms with Gasteiger partial charge in [-0.1, -0.05) is 6.08 Å². The second kappa shape index (κ2) is 14.4. The van der Waals surface area contributed by atoms with Gasteiger partial charge in [-0.15, -0.1) is 17.9 Å². The van der Waals surface area contributed by atoms with Crippen molar-refractivity contribution < 1.29 is 37.1 Å². The van der Waals surface area contributed by atoms with Gasteiger partial charge in [0.25, 0.3) is 5.91 Å². The number of carbonyl (C=O) groups is 4. The molecule has 1 saturated heterocycles. The van der Waals surface area contributed by atoms with Crippen LogP contribution in [0, 0.1) is 12.8 Å². The fraction of sp³-hybridized carbons (Fsp3) is 0.583. The number of amides is 5. The molecular formula is C36H47N9O8S2. The maximum atomic E-state index is 14.6. The van der Waals surface area contributed by atoms with Crippen LogP contribution in [0.3, 0.4) is 0 Å². The number of aryl methyl sites for hydroxylation is 2. The Hall–Kier alpha value is -4.78. The zero-order chi connectivity index (χ0) is 39.4. The van der Waals surface area contributed by atoms with E-state index in [-0.39, 0.29) is 31.4 Å². The normalized spacial score (nSPS) is 24.0. The summed E-state index contributed by atoms with van der Waals surface area (Å²) < 4.78 is 42.1. The van der Waals surface area contributed by atoms with E-state index in [1.165, 1.54) is 22.3 Å². The molecule has 4 aliphatic rings. The van der Waals surface area contributed by atoms with Crippen LogP contribution in [0.4, 0.5) is 9.59 Å². The first-order chi connectivity index (χ1) is 26.0. The van der Waals surface area contributed by atoms with Crippen molar-refractivity contribution in [3.8, 4) is 17.4 Å². The largest absolute Gasteiger partial charge is 0.471 e. The maximum absolute atomic E-state index is 14.6. The van der Waals surface area contributed by atoms with E-state index in [1.54, 1.807) is 32.5 Å². The van der Waals surface area contributed by atoms with Gasteiger partial charge in [0.15, 0.2) is 5.82 Å². The van der Waals surface area contributed by atoms with Gasteiger partial charge in [0.05, 0.1) is 28.5 Å². The molecule has 4 fully saturated rings. The minimum atomic E-state index is -3.91. The predicted octanol–water partition coefficient (Wildman–Crippen LogP) is 3.70. The van der Waals surface area contributed by atoms with Crippen LogP contribution in [0.2, 0.25) is 0 Å². The van der Waals surface area contributed by atoms with Crippen molar-refractivity contribution in [2.75, 3.05) is 6.54 Å². The van der Waals surface area contributed by atoms with E-state index >= 15 is 0 Å². The summed E-state index contributed by atoms with van der Waals surface area (Å²) in [6, 6.07) is 1.79. The molecule has 3 aliphatic carbocycles. The lowest BCUT2D eigenvalue weighted by Crippen LogP contribution is -2.63. The third-order valence-electron chi connectivity index (χ3n) is 10.5. The van der Waals surface area contributed by atoms with E-state index in [1.807, 2.05) is 24.4 Å². The Morgan fingerprint density at radius 1 is 1.11 bits per heavy atom. The fourth-order valence-electron chi connectivity index (χ4n) is 7.28. The molecule has 17 nitrogen and oxygen atoms in total. The lowest BCUT2D eigenvalue weighted by atomic mass is 10.1. The average Bonchev–Trinajstić information content (AvgIpc) is 3.80. The number of hydrazine groups is 1. The molecule has 55 heavy (non-hydrogen) atoms. The molecule has 7 rings (SSSR count). The number of fused-ring (bicyclic) bond motifs is 1. The summed E-state index contributed by atoms with van der Waals surface area (Å²) in [5, 5.41) is 9.56. The first-order valence-corrected chi connectivity index (χ1v) is 20.9. The highest BCUT2D eigenvalue weighted by molar-refractivity contribution is 7.91. The summed E-state index contributed by atoms with van der Waals surface area (Å²) >= 11 is 1.38. The van der Waals surface area contributed by atoms with E-state index in [2.05, 4.69) is 27.1 Å². The summed E-state index contributed by atoms with van der Waals surface area (Å²) in [5.41, 5.74) is 2.16. The van der Waals surface area contributed by atoms with Gasteiger partial charge >= 0.3 is 12.1 Å². The van der Waals surface area contributed by atoms with Gasteiger partial charge in [0, 0.05) is 19.4 Å². The van der Waals surface area contributed by atoms with Crippen LogP contribution in [-0.2, 0) is 31.4 Å². The number of nitrogens with zero attached hydrogens (tertiary/aromatic N) is 6. The smallest absolute Gasteiger partial charge is 0.426 e. The second-order valence-electron chi connectivity index (χ2n) is 15.8. The molecule has 5 amide bonds. The van der Waals surface area contributed by atoms with E-state index in [4.69, 9.17) is 19.4 Å². The highest BCUT2D eigenvalue weighted by Gasteiger charge is 2.62. The Morgan fingerprint density at radius 3 is 2.45 bits per heavy atom. The number of carbonyl (C=O) groups excluding carboxylic acids is 4. The highest BCUT2D eigenvalue weighted by atomic mass is 32.2. The average molecular weight is 798 g/mol. The second-order valence-corrected chi connectivity index (χ2v) is 18.7. The van der Waals surface area contributed by atoms with Crippen LogP contribution in [0.5, 0.6) is 5.88 Å². The molecule has 19 heteroatoms. The van der Waals surface area contributed by atoms with Crippen LogP contribution in [0.25, 0.3) is 21.7 Å². The number of aromatic nitrogens is 4. The highest BCUT2D eigenvalue weighted by Crippen LogP contribution is 2.45. The fourth-order valence-corrected chi connectivity index (χ4v) is 9.40. The number of urea groups is 1. The summed E-state index contributed by atoms with van der Waals surface area (Å²) in [6.45, 7) is 10.7. The molecule has 0 radical (unpaired) electrons. The minimum absolute atomic E-state index is 0.0179. The molecule has 0 aromatic carbocycles. The zero-order valence-electron chi connectivity index (χ0n) is 31.5. The number of likely N-dealkylation sites (tertiary alicyclic amines) is 1. The molecule has 0 spiro atoms. The zero-order valence-corrected chi connectivity index (χ0v) is 33.2. The summed E-state index contributed by atoms with van der Waals surface area (Å²) in [6.07, 6.45) is 4.04. The van der Waals surface area contributed by atoms with Crippen LogP contribution < -0.4 is 20.2 Å². The van der Waals surface area contributed by atoms with Crippen LogP contribution in [0.1, 0.15) is 77.8 Å².